The quantitative estimate of drug-likeness (QED) is 0.671. The fourth-order valence-corrected chi connectivity index (χ4v) is 3.55. The van der Waals surface area contributed by atoms with Crippen LogP contribution >= 0.6 is 11.6 Å². The number of hydrogen-bond acceptors (Lipinski definition) is 2. The average Bonchev–Trinajstić information content (AvgIpc) is 3.40. The van der Waals surface area contributed by atoms with Gasteiger partial charge in [0.25, 0.3) is 5.91 Å². The lowest BCUT2D eigenvalue weighted by atomic mass is 10.1. The number of benzene rings is 1. The molecule has 5 nitrogen and oxygen atoms in total. The van der Waals surface area contributed by atoms with Gasteiger partial charge >= 0.3 is 0 Å². The summed E-state index contributed by atoms with van der Waals surface area (Å²) in [6.07, 6.45) is 4.05. The van der Waals surface area contributed by atoms with Crippen LogP contribution in [0, 0.1) is 5.92 Å². The van der Waals surface area contributed by atoms with Gasteiger partial charge in [0.05, 0.1) is 6.54 Å². The highest BCUT2D eigenvalue weighted by molar-refractivity contribution is 6.31. The Morgan fingerprint density at radius 1 is 1.21 bits per heavy atom. The molecule has 0 saturated heterocycles. The van der Waals surface area contributed by atoms with Crippen molar-refractivity contribution in [3.8, 4) is 0 Å². The molecule has 2 aromatic rings. The lowest BCUT2D eigenvalue weighted by Crippen LogP contribution is -2.45. The van der Waals surface area contributed by atoms with E-state index in [2.05, 4.69) is 0 Å². The van der Waals surface area contributed by atoms with Gasteiger partial charge in [-0.1, -0.05) is 31.5 Å². The minimum absolute atomic E-state index is 0.000252. The van der Waals surface area contributed by atoms with E-state index in [1.807, 2.05) is 48.7 Å². The molecule has 1 saturated carbocycles. The summed E-state index contributed by atoms with van der Waals surface area (Å²) in [4.78, 5) is 29.8. The van der Waals surface area contributed by atoms with E-state index in [-0.39, 0.29) is 30.3 Å². The average molecular weight is 402 g/mol. The third-order valence-corrected chi connectivity index (χ3v) is 5.20. The molecule has 1 aromatic heterocycles. The maximum Gasteiger partial charge on any atom is 0.254 e. The second-order valence-electron chi connectivity index (χ2n) is 7.95. The Hall–Kier alpha value is -2.27. The molecule has 3 rings (SSSR count). The predicted molar refractivity (Wildman–Crippen MR) is 111 cm³/mol. The van der Waals surface area contributed by atoms with Crippen LogP contribution in [0.15, 0.2) is 42.6 Å². The lowest BCUT2D eigenvalue weighted by molar-refractivity contribution is -0.133. The molecule has 0 unspecified atom stereocenters. The molecular formula is C22H28ClN3O2. The van der Waals surface area contributed by atoms with Crippen LogP contribution in [-0.2, 0) is 18.4 Å². The Kier molecular flexibility index (Phi) is 6.45. The van der Waals surface area contributed by atoms with Gasteiger partial charge in [-0.25, -0.2) is 0 Å². The Morgan fingerprint density at radius 2 is 1.96 bits per heavy atom. The van der Waals surface area contributed by atoms with Gasteiger partial charge in [0.1, 0.15) is 6.54 Å². The Bertz CT molecular complexity index is 842. The Balaban J connectivity index is 1.76. The highest BCUT2D eigenvalue weighted by Crippen LogP contribution is 2.29. The van der Waals surface area contributed by atoms with Crippen molar-refractivity contribution in [1.82, 2.24) is 14.4 Å². The van der Waals surface area contributed by atoms with Gasteiger partial charge in [0, 0.05) is 42.1 Å². The summed E-state index contributed by atoms with van der Waals surface area (Å²) in [5, 5.41) is 0.519. The number of nitrogens with zero attached hydrogens (tertiary/aromatic N) is 3. The van der Waals surface area contributed by atoms with Crippen molar-refractivity contribution in [3.05, 3.63) is 58.9 Å². The van der Waals surface area contributed by atoms with Gasteiger partial charge in [0.2, 0.25) is 5.91 Å². The predicted octanol–water partition coefficient (Wildman–Crippen LogP) is 3.97. The van der Waals surface area contributed by atoms with Crippen LogP contribution in [0.5, 0.6) is 0 Å². The van der Waals surface area contributed by atoms with Gasteiger partial charge in [-0.2, -0.15) is 0 Å². The van der Waals surface area contributed by atoms with Crippen molar-refractivity contribution < 1.29 is 9.59 Å². The number of rotatable bonds is 8. The lowest BCUT2D eigenvalue weighted by Gasteiger charge is -2.29. The van der Waals surface area contributed by atoms with Crippen LogP contribution in [0.25, 0.3) is 0 Å². The fraction of sp³-hybridized carbons (Fsp3) is 0.455. The third-order valence-electron chi connectivity index (χ3n) is 4.96. The number of hydrogen-bond donors (Lipinski definition) is 0. The highest BCUT2D eigenvalue weighted by Gasteiger charge is 2.34. The van der Waals surface area contributed by atoms with Crippen LogP contribution in [0.3, 0.4) is 0 Å². The van der Waals surface area contributed by atoms with Crippen molar-refractivity contribution >= 4 is 23.4 Å². The SMILES string of the molecule is CC(C)CN(CC(=O)N(Cc1cccn1C)C1CC1)C(=O)c1cccc(Cl)c1. The molecule has 6 heteroatoms. The van der Waals surface area contributed by atoms with E-state index in [0.29, 0.717) is 23.7 Å². The molecule has 0 aliphatic heterocycles. The molecule has 1 aliphatic rings. The van der Waals surface area contributed by atoms with Crippen molar-refractivity contribution in [2.75, 3.05) is 13.1 Å². The first-order chi connectivity index (χ1) is 13.3. The van der Waals surface area contributed by atoms with E-state index in [1.54, 1.807) is 29.2 Å². The summed E-state index contributed by atoms with van der Waals surface area (Å²) in [6.45, 7) is 5.29. The number of halogens is 1. The van der Waals surface area contributed by atoms with Crippen LogP contribution in [0.1, 0.15) is 42.7 Å². The van der Waals surface area contributed by atoms with Gasteiger partial charge in [-0.05, 0) is 49.1 Å². The molecule has 0 atom stereocenters. The maximum absolute atomic E-state index is 13.2. The molecule has 1 aliphatic carbocycles. The summed E-state index contributed by atoms with van der Waals surface area (Å²) in [7, 11) is 1.98. The maximum atomic E-state index is 13.2. The molecule has 0 bridgehead atoms. The monoisotopic (exact) mass is 401 g/mol. The van der Waals surface area contributed by atoms with Crippen LogP contribution in [0.2, 0.25) is 5.02 Å². The topological polar surface area (TPSA) is 45.6 Å². The number of carbonyl (C=O) groups excluding carboxylic acids is 2. The van der Waals surface area contributed by atoms with Gasteiger partial charge < -0.3 is 14.4 Å². The molecule has 2 amide bonds. The third kappa shape index (κ3) is 5.16. The van der Waals surface area contributed by atoms with Crippen molar-refractivity contribution in [3.63, 3.8) is 0 Å². The molecule has 150 valence electrons. The minimum Gasteiger partial charge on any atom is -0.353 e. The van der Waals surface area contributed by atoms with Crippen LogP contribution in [0.4, 0.5) is 0 Å². The molecule has 1 aromatic carbocycles. The summed E-state index contributed by atoms with van der Waals surface area (Å²) in [5.41, 5.74) is 1.61. The van der Waals surface area contributed by atoms with Crippen molar-refractivity contribution in [2.45, 2.75) is 39.3 Å². The van der Waals surface area contributed by atoms with E-state index in [9.17, 15) is 9.59 Å². The Labute approximate surface area is 171 Å². The number of aromatic nitrogens is 1. The number of amides is 2. The largest absolute Gasteiger partial charge is 0.353 e. The first-order valence-corrected chi connectivity index (χ1v) is 10.2. The van der Waals surface area contributed by atoms with E-state index in [0.717, 1.165) is 18.5 Å². The molecule has 28 heavy (non-hydrogen) atoms. The van der Waals surface area contributed by atoms with Crippen molar-refractivity contribution in [2.24, 2.45) is 13.0 Å². The summed E-state index contributed by atoms with van der Waals surface area (Å²) in [5.74, 6) is 0.108. The zero-order valence-electron chi connectivity index (χ0n) is 16.8. The molecular weight excluding hydrogens is 374 g/mol. The first-order valence-electron chi connectivity index (χ1n) is 9.79. The second-order valence-corrected chi connectivity index (χ2v) is 8.39. The van der Waals surface area contributed by atoms with Crippen LogP contribution in [-0.4, -0.2) is 45.3 Å². The second kappa shape index (κ2) is 8.82. The minimum atomic E-state index is -0.154. The van der Waals surface area contributed by atoms with E-state index >= 15 is 0 Å². The number of aryl methyl sites for hydroxylation is 1. The fourth-order valence-electron chi connectivity index (χ4n) is 3.36. The van der Waals surface area contributed by atoms with Crippen LogP contribution < -0.4 is 0 Å². The molecule has 0 radical (unpaired) electrons. The summed E-state index contributed by atoms with van der Waals surface area (Å²) >= 11 is 6.05. The van der Waals surface area contributed by atoms with E-state index < -0.39 is 0 Å². The molecule has 1 fully saturated rings. The van der Waals surface area contributed by atoms with Gasteiger partial charge in [-0.3, -0.25) is 9.59 Å². The number of carbonyl (C=O) groups is 2. The zero-order chi connectivity index (χ0) is 20.3. The smallest absolute Gasteiger partial charge is 0.254 e. The van der Waals surface area contributed by atoms with Gasteiger partial charge in [0.15, 0.2) is 0 Å². The van der Waals surface area contributed by atoms with Crippen molar-refractivity contribution in [1.29, 1.82) is 0 Å². The Morgan fingerprint density at radius 3 is 2.54 bits per heavy atom. The highest BCUT2D eigenvalue weighted by atomic mass is 35.5. The molecule has 0 spiro atoms. The summed E-state index contributed by atoms with van der Waals surface area (Å²) in [6, 6.07) is 11.2. The molecule has 1 heterocycles. The van der Waals surface area contributed by atoms with Gasteiger partial charge in [-0.15, -0.1) is 0 Å². The molecule has 0 N–H and O–H groups in total. The summed E-state index contributed by atoms with van der Waals surface area (Å²) < 4.78 is 2.03. The van der Waals surface area contributed by atoms with E-state index in [4.69, 9.17) is 11.6 Å². The standard InChI is InChI=1S/C22H28ClN3O2/c1-16(2)13-25(22(28)17-6-4-7-18(23)12-17)15-21(27)26(19-9-10-19)14-20-8-5-11-24(20)3/h4-8,11-12,16,19H,9-10,13-15H2,1-3H3. The first kappa shape index (κ1) is 20.5. The van der Waals surface area contributed by atoms with E-state index in [1.165, 1.54) is 0 Å². The zero-order valence-corrected chi connectivity index (χ0v) is 17.5. The normalized spacial score (nSPS) is 13.6.